The van der Waals surface area contributed by atoms with Crippen molar-refractivity contribution in [2.45, 2.75) is 6.92 Å². The molecule has 1 heterocycles. The third-order valence-corrected chi connectivity index (χ3v) is 3.07. The van der Waals surface area contributed by atoms with Crippen molar-refractivity contribution in [1.29, 1.82) is 0 Å². The summed E-state index contributed by atoms with van der Waals surface area (Å²) < 4.78 is 6.10. The fourth-order valence-corrected chi connectivity index (χ4v) is 1.75. The van der Waals surface area contributed by atoms with E-state index < -0.39 is 4.92 Å². The molecule has 0 saturated heterocycles. The topological polar surface area (TPSA) is 78.2 Å². The summed E-state index contributed by atoms with van der Waals surface area (Å²) in [6.45, 7) is 1.75. The van der Waals surface area contributed by atoms with Crippen molar-refractivity contribution in [3.63, 3.8) is 0 Å². The minimum absolute atomic E-state index is 0.0437. The molecule has 0 aliphatic carbocycles. The van der Waals surface area contributed by atoms with Crippen molar-refractivity contribution in [3.8, 4) is 11.6 Å². The van der Waals surface area contributed by atoms with E-state index in [1.165, 1.54) is 24.4 Å². The van der Waals surface area contributed by atoms with E-state index >= 15 is 0 Å². The zero-order chi connectivity index (χ0) is 14.0. The molecule has 0 bridgehead atoms. The van der Waals surface area contributed by atoms with Crippen molar-refractivity contribution >= 4 is 33.2 Å². The summed E-state index contributed by atoms with van der Waals surface area (Å²) in [5.74, 6) is 0.535. The predicted molar refractivity (Wildman–Crippen MR) is 72.6 cm³/mol. The highest BCUT2D eigenvalue weighted by Crippen LogP contribution is 2.33. The molecule has 1 aromatic heterocycles. The normalized spacial score (nSPS) is 10.3. The predicted octanol–water partition coefficient (Wildman–Crippen LogP) is 3.90. The van der Waals surface area contributed by atoms with Gasteiger partial charge >= 0.3 is 0 Å². The lowest BCUT2D eigenvalue weighted by atomic mass is 10.3. The van der Waals surface area contributed by atoms with Crippen molar-refractivity contribution < 1.29 is 9.66 Å². The van der Waals surface area contributed by atoms with E-state index in [0.29, 0.717) is 10.0 Å². The molecule has 6 nitrogen and oxygen atoms in total. The van der Waals surface area contributed by atoms with Gasteiger partial charge in [-0.2, -0.15) is 4.98 Å². The molecule has 1 aromatic carbocycles. The lowest BCUT2D eigenvalue weighted by molar-refractivity contribution is -0.384. The number of rotatable bonds is 3. The number of ether oxygens (including phenoxy) is 1. The summed E-state index contributed by atoms with van der Waals surface area (Å²) in [5, 5.41) is 10.8. The average molecular weight is 345 g/mol. The SMILES string of the molecule is Cc1cnc(Cl)nc1Oc1cc([N+](=O)[O-])ccc1Br. The molecule has 0 saturated carbocycles. The maximum Gasteiger partial charge on any atom is 0.273 e. The molecule has 0 unspecified atom stereocenters. The zero-order valence-corrected chi connectivity index (χ0v) is 12.0. The number of aryl methyl sites for hydroxylation is 1. The first-order valence-electron chi connectivity index (χ1n) is 5.08. The molecule has 2 aromatic rings. The molecule has 0 radical (unpaired) electrons. The molecule has 8 heteroatoms. The quantitative estimate of drug-likeness (QED) is 0.479. The van der Waals surface area contributed by atoms with Crippen LogP contribution in [0.25, 0.3) is 0 Å². The van der Waals surface area contributed by atoms with Crippen molar-refractivity contribution in [3.05, 3.63) is 49.8 Å². The second-order valence-corrected chi connectivity index (χ2v) is 4.79. The van der Waals surface area contributed by atoms with Crippen molar-refractivity contribution in [2.24, 2.45) is 0 Å². The standard InChI is InChI=1S/C11H7BrClN3O3/c1-6-5-14-11(13)15-10(6)19-9-4-7(16(17)18)2-3-8(9)12/h2-5H,1H3. The molecule has 98 valence electrons. The van der Waals surface area contributed by atoms with Crippen LogP contribution in [0.5, 0.6) is 11.6 Å². The Morgan fingerprint density at radius 1 is 1.47 bits per heavy atom. The van der Waals surface area contributed by atoms with Crippen LogP contribution >= 0.6 is 27.5 Å². The first-order chi connectivity index (χ1) is 8.97. The molecule has 2 rings (SSSR count). The van der Waals surface area contributed by atoms with Gasteiger partial charge in [0.1, 0.15) is 0 Å². The Morgan fingerprint density at radius 3 is 2.89 bits per heavy atom. The summed E-state index contributed by atoms with van der Waals surface area (Å²) in [6, 6.07) is 4.21. The summed E-state index contributed by atoms with van der Waals surface area (Å²) in [4.78, 5) is 18.0. The Kier molecular flexibility index (Phi) is 3.96. The Labute approximate surface area is 121 Å². The van der Waals surface area contributed by atoms with Crippen LogP contribution < -0.4 is 4.74 Å². The second-order valence-electron chi connectivity index (χ2n) is 3.60. The third kappa shape index (κ3) is 3.18. The maximum atomic E-state index is 10.7. The molecule has 0 aliphatic rings. The zero-order valence-electron chi connectivity index (χ0n) is 9.63. The van der Waals surface area contributed by atoms with Crippen LogP contribution in [0.15, 0.2) is 28.9 Å². The Morgan fingerprint density at radius 2 is 2.21 bits per heavy atom. The first-order valence-corrected chi connectivity index (χ1v) is 6.25. The minimum atomic E-state index is -0.501. The minimum Gasteiger partial charge on any atom is -0.437 e. The van der Waals surface area contributed by atoms with Crippen LogP contribution in [0.4, 0.5) is 5.69 Å². The number of benzene rings is 1. The molecule has 0 aliphatic heterocycles. The van der Waals surface area contributed by atoms with E-state index in [4.69, 9.17) is 16.3 Å². The van der Waals surface area contributed by atoms with Gasteiger partial charge in [-0.15, -0.1) is 0 Å². The molecule has 0 spiro atoms. The van der Waals surface area contributed by atoms with Gasteiger partial charge < -0.3 is 4.74 Å². The van der Waals surface area contributed by atoms with Crippen LogP contribution in [0.3, 0.4) is 0 Å². The summed E-state index contributed by atoms with van der Waals surface area (Å²) in [6.07, 6.45) is 1.51. The summed E-state index contributed by atoms with van der Waals surface area (Å²) in [5.41, 5.74) is 0.596. The lowest BCUT2D eigenvalue weighted by Gasteiger charge is -2.08. The highest BCUT2D eigenvalue weighted by atomic mass is 79.9. The second kappa shape index (κ2) is 5.50. The van der Waals surface area contributed by atoms with E-state index in [2.05, 4.69) is 25.9 Å². The number of nitro groups is 1. The lowest BCUT2D eigenvalue weighted by Crippen LogP contribution is -1.95. The van der Waals surface area contributed by atoms with E-state index in [0.717, 1.165) is 0 Å². The van der Waals surface area contributed by atoms with Gasteiger partial charge in [-0.3, -0.25) is 10.1 Å². The Bertz CT molecular complexity index is 651. The van der Waals surface area contributed by atoms with E-state index in [1.54, 1.807) is 6.92 Å². The highest BCUT2D eigenvalue weighted by Gasteiger charge is 2.13. The number of hydrogen-bond donors (Lipinski definition) is 0. The smallest absolute Gasteiger partial charge is 0.273 e. The van der Waals surface area contributed by atoms with Gasteiger partial charge in [0.15, 0.2) is 5.75 Å². The molecular formula is C11H7BrClN3O3. The Hall–Kier alpha value is -1.73. The molecule has 19 heavy (non-hydrogen) atoms. The number of aromatic nitrogens is 2. The van der Waals surface area contributed by atoms with Gasteiger partial charge in [0.05, 0.1) is 15.5 Å². The summed E-state index contributed by atoms with van der Waals surface area (Å²) >= 11 is 8.94. The van der Waals surface area contributed by atoms with Crippen molar-refractivity contribution in [2.75, 3.05) is 0 Å². The van der Waals surface area contributed by atoms with Crippen LogP contribution in [0.2, 0.25) is 5.28 Å². The van der Waals surface area contributed by atoms with Gasteiger partial charge in [-0.1, -0.05) is 0 Å². The number of nitrogens with zero attached hydrogens (tertiary/aromatic N) is 3. The Balaban J connectivity index is 2.40. The number of hydrogen-bond acceptors (Lipinski definition) is 5. The van der Waals surface area contributed by atoms with Gasteiger partial charge in [0, 0.05) is 17.8 Å². The molecule has 0 N–H and O–H groups in total. The molecule has 0 atom stereocenters. The number of non-ortho nitro benzene ring substituents is 1. The van der Waals surface area contributed by atoms with E-state index in [1.807, 2.05) is 0 Å². The van der Waals surface area contributed by atoms with E-state index in [-0.39, 0.29) is 22.6 Å². The first kappa shape index (κ1) is 13.7. The monoisotopic (exact) mass is 343 g/mol. The largest absolute Gasteiger partial charge is 0.437 e. The highest BCUT2D eigenvalue weighted by molar-refractivity contribution is 9.10. The fraction of sp³-hybridized carbons (Fsp3) is 0.0909. The fourth-order valence-electron chi connectivity index (χ4n) is 1.30. The van der Waals surface area contributed by atoms with Gasteiger partial charge in [0.2, 0.25) is 11.2 Å². The van der Waals surface area contributed by atoms with Crippen LogP contribution in [0, 0.1) is 17.0 Å². The molecule has 0 amide bonds. The van der Waals surface area contributed by atoms with Gasteiger partial charge in [0.25, 0.3) is 5.69 Å². The maximum absolute atomic E-state index is 10.7. The summed E-state index contributed by atoms with van der Waals surface area (Å²) in [7, 11) is 0. The average Bonchev–Trinajstić information content (AvgIpc) is 2.36. The third-order valence-electron chi connectivity index (χ3n) is 2.23. The van der Waals surface area contributed by atoms with Gasteiger partial charge in [-0.05, 0) is 40.5 Å². The van der Waals surface area contributed by atoms with Crippen molar-refractivity contribution in [1.82, 2.24) is 9.97 Å². The van der Waals surface area contributed by atoms with E-state index in [9.17, 15) is 10.1 Å². The van der Waals surface area contributed by atoms with Crippen LogP contribution in [-0.2, 0) is 0 Å². The molecular weight excluding hydrogens is 337 g/mol. The van der Waals surface area contributed by atoms with Crippen LogP contribution in [0.1, 0.15) is 5.56 Å². The number of nitro benzene ring substituents is 1. The molecule has 0 fully saturated rings. The number of halogens is 2. The van der Waals surface area contributed by atoms with Crippen LogP contribution in [-0.4, -0.2) is 14.9 Å². The van der Waals surface area contributed by atoms with Gasteiger partial charge in [-0.25, -0.2) is 4.98 Å².